The maximum absolute atomic E-state index is 12.0. The van der Waals surface area contributed by atoms with Crippen molar-refractivity contribution in [2.45, 2.75) is 39.7 Å². The standard InChI is InChI=1S/C13H21N3O3/c1-5-6-9(3)16(4)13(19)15-10-7-8(2)14-11(10)12(17)18/h7,9,14H,5-6H2,1-4H3,(H,15,19)(H,17,18). The summed E-state index contributed by atoms with van der Waals surface area (Å²) in [6.07, 6.45) is 1.89. The van der Waals surface area contributed by atoms with Crippen molar-refractivity contribution in [3.8, 4) is 0 Å². The first-order valence-corrected chi connectivity index (χ1v) is 6.33. The molecule has 1 aromatic heterocycles. The van der Waals surface area contributed by atoms with Crippen LogP contribution in [0.4, 0.5) is 10.5 Å². The summed E-state index contributed by atoms with van der Waals surface area (Å²) in [5.74, 6) is -1.09. The van der Waals surface area contributed by atoms with E-state index in [0.717, 1.165) is 12.8 Å². The molecule has 106 valence electrons. The van der Waals surface area contributed by atoms with Crippen molar-refractivity contribution in [3.05, 3.63) is 17.5 Å². The van der Waals surface area contributed by atoms with Crippen LogP contribution in [0.15, 0.2) is 6.07 Å². The lowest BCUT2D eigenvalue weighted by Crippen LogP contribution is -2.38. The highest BCUT2D eigenvalue weighted by Gasteiger charge is 2.19. The maximum atomic E-state index is 12.0. The van der Waals surface area contributed by atoms with Gasteiger partial charge in [0.2, 0.25) is 0 Å². The number of anilines is 1. The SMILES string of the molecule is CCCC(C)N(C)C(=O)Nc1cc(C)[nH]c1C(=O)O. The number of amides is 2. The molecule has 0 radical (unpaired) electrons. The second kappa shape index (κ2) is 6.26. The molecule has 0 aliphatic carbocycles. The number of aryl methyl sites for hydroxylation is 1. The number of hydrogen-bond acceptors (Lipinski definition) is 2. The van der Waals surface area contributed by atoms with Gasteiger partial charge in [-0.3, -0.25) is 0 Å². The molecule has 1 rings (SSSR count). The van der Waals surface area contributed by atoms with E-state index in [1.807, 2.05) is 6.92 Å². The van der Waals surface area contributed by atoms with Gasteiger partial charge in [0.05, 0.1) is 5.69 Å². The number of aromatic carboxylic acids is 1. The molecule has 1 heterocycles. The fourth-order valence-corrected chi connectivity index (χ4v) is 1.87. The summed E-state index contributed by atoms with van der Waals surface area (Å²) in [6, 6.07) is 1.42. The Hall–Kier alpha value is -1.98. The zero-order chi connectivity index (χ0) is 14.6. The number of carbonyl (C=O) groups excluding carboxylic acids is 1. The van der Waals surface area contributed by atoms with Gasteiger partial charge in [-0.2, -0.15) is 0 Å². The van der Waals surface area contributed by atoms with E-state index in [2.05, 4.69) is 17.2 Å². The van der Waals surface area contributed by atoms with E-state index in [0.29, 0.717) is 11.4 Å². The van der Waals surface area contributed by atoms with E-state index in [1.54, 1.807) is 24.9 Å². The molecule has 1 aromatic rings. The van der Waals surface area contributed by atoms with Crippen LogP contribution in [-0.4, -0.2) is 40.1 Å². The van der Waals surface area contributed by atoms with Crippen LogP contribution in [0.2, 0.25) is 0 Å². The molecule has 1 unspecified atom stereocenters. The Bertz CT molecular complexity index is 468. The number of carbonyl (C=O) groups is 2. The highest BCUT2D eigenvalue weighted by Crippen LogP contribution is 2.18. The topological polar surface area (TPSA) is 85.4 Å². The number of urea groups is 1. The highest BCUT2D eigenvalue weighted by molar-refractivity contribution is 5.99. The van der Waals surface area contributed by atoms with E-state index in [-0.39, 0.29) is 17.8 Å². The molecule has 0 aliphatic heterocycles. The summed E-state index contributed by atoms with van der Waals surface area (Å²) in [5, 5.41) is 11.7. The molecule has 0 bridgehead atoms. The van der Waals surface area contributed by atoms with Crippen LogP contribution in [0.3, 0.4) is 0 Å². The third-order valence-electron chi connectivity index (χ3n) is 3.10. The predicted molar refractivity (Wildman–Crippen MR) is 73.6 cm³/mol. The first-order chi connectivity index (χ1) is 8.86. The number of carboxylic acid groups (broad SMARTS) is 1. The van der Waals surface area contributed by atoms with Crippen LogP contribution in [0.1, 0.15) is 42.9 Å². The second-order valence-electron chi connectivity index (χ2n) is 4.72. The van der Waals surface area contributed by atoms with E-state index >= 15 is 0 Å². The van der Waals surface area contributed by atoms with E-state index in [1.165, 1.54) is 0 Å². The molecule has 0 saturated heterocycles. The van der Waals surface area contributed by atoms with Crippen LogP contribution in [-0.2, 0) is 0 Å². The number of rotatable bonds is 5. The number of aromatic amines is 1. The van der Waals surface area contributed by atoms with Gasteiger partial charge in [0.1, 0.15) is 5.69 Å². The zero-order valence-corrected chi connectivity index (χ0v) is 11.8. The number of carboxylic acids is 1. The summed E-state index contributed by atoms with van der Waals surface area (Å²) < 4.78 is 0. The number of hydrogen-bond donors (Lipinski definition) is 3. The van der Waals surface area contributed by atoms with E-state index in [9.17, 15) is 9.59 Å². The Balaban J connectivity index is 2.79. The molecule has 0 spiro atoms. The minimum atomic E-state index is -1.09. The minimum Gasteiger partial charge on any atom is -0.477 e. The first kappa shape index (κ1) is 15.1. The van der Waals surface area contributed by atoms with Gasteiger partial charge in [-0.15, -0.1) is 0 Å². The van der Waals surface area contributed by atoms with Gasteiger partial charge >= 0.3 is 12.0 Å². The molecule has 2 amide bonds. The molecule has 0 aromatic carbocycles. The molecule has 1 atom stereocenters. The van der Waals surface area contributed by atoms with Crippen molar-refractivity contribution in [2.24, 2.45) is 0 Å². The van der Waals surface area contributed by atoms with E-state index in [4.69, 9.17) is 5.11 Å². The van der Waals surface area contributed by atoms with Crippen LogP contribution in [0.25, 0.3) is 0 Å². The van der Waals surface area contributed by atoms with Gasteiger partial charge in [0.15, 0.2) is 0 Å². The van der Waals surface area contributed by atoms with Crippen molar-refractivity contribution >= 4 is 17.7 Å². The van der Waals surface area contributed by atoms with Gasteiger partial charge in [-0.1, -0.05) is 13.3 Å². The summed E-state index contributed by atoms with van der Waals surface area (Å²) >= 11 is 0. The average Bonchev–Trinajstić information content (AvgIpc) is 2.69. The molecule has 19 heavy (non-hydrogen) atoms. The fraction of sp³-hybridized carbons (Fsp3) is 0.538. The van der Waals surface area contributed by atoms with Crippen LogP contribution < -0.4 is 5.32 Å². The summed E-state index contributed by atoms with van der Waals surface area (Å²) in [4.78, 5) is 27.3. The molecule has 0 saturated carbocycles. The van der Waals surface area contributed by atoms with Crippen molar-refractivity contribution in [1.29, 1.82) is 0 Å². The molecular weight excluding hydrogens is 246 g/mol. The van der Waals surface area contributed by atoms with Gasteiger partial charge in [0.25, 0.3) is 0 Å². The number of aromatic nitrogens is 1. The Morgan fingerprint density at radius 3 is 2.68 bits per heavy atom. The highest BCUT2D eigenvalue weighted by atomic mass is 16.4. The minimum absolute atomic E-state index is 0.00222. The molecule has 6 heteroatoms. The summed E-state index contributed by atoms with van der Waals surface area (Å²) in [5.41, 5.74) is 0.991. The van der Waals surface area contributed by atoms with Crippen LogP contribution in [0.5, 0.6) is 0 Å². The molecule has 0 aliphatic rings. The van der Waals surface area contributed by atoms with Crippen molar-refractivity contribution < 1.29 is 14.7 Å². The smallest absolute Gasteiger partial charge is 0.354 e. The molecule has 0 fully saturated rings. The largest absolute Gasteiger partial charge is 0.477 e. The van der Waals surface area contributed by atoms with Crippen molar-refractivity contribution in [1.82, 2.24) is 9.88 Å². The third kappa shape index (κ3) is 3.74. The van der Waals surface area contributed by atoms with Gasteiger partial charge < -0.3 is 20.3 Å². The average molecular weight is 267 g/mol. The molecule has 3 N–H and O–H groups in total. The zero-order valence-electron chi connectivity index (χ0n) is 11.8. The van der Waals surface area contributed by atoms with Gasteiger partial charge in [-0.25, -0.2) is 9.59 Å². The molecular formula is C13H21N3O3. The lowest BCUT2D eigenvalue weighted by Gasteiger charge is -2.24. The fourth-order valence-electron chi connectivity index (χ4n) is 1.87. The number of H-pyrrole nitrogens is 1. The number of nitrogens with one attached hydrogen (secondary N) is 2. The normalized spacial score (nSPS) is 12.0. The Kier molecular flexibility index (Phi) is 4.97. The van der Waals surface area contributed by atoms with Gasteiger partial charge in [0, 0.05) is 18.8 Å². The van der Waals surface area contributed by atoms with Crippen molar-refractivity contribution in [2.75, 3.05) is 12.4 Å². The second-order valence-corrected chi connectivity index (χ2v) is 4.72. The van der Waals surface area contributed by atoms with Crippen LogP contribution in [0, 0.1) is 6.92 Å². The van der Waals surface area contributed by atoms with E-state index < -0.39 is 5.97 Å². The monoisotopic (exact) mass is 267 g/mol. The van der Waals surface area contributed by atoms with Crippen LogP contribution >= 0.6 is 0 Å². The lowest BCUT2D eigenvalue weighted by atomic mass is 10.2. The summed E-state index contributed by atoms with van der Waals surface area (Å²) in [6.45, 7) is 5.76. The quantitative estimate of drug-likeness (QED) is 0.766. The summed E-state index contributed by atoms with van der Waals surface area (Å²) in [7, 11) is 1.70. The number of nitrogens with zero attached hydrogens (tertiary/aromatic N) is 1. The lowest BCUT2D eigenvalue weighted by molar-refractivity contribution is 0.0692. The Morgan fingerprint density at radius 1 is 1.53 bits per heavy atom. The molecule has 6 nitrogen and oxygen atoms in total. The Morgan fingerprint density at radius 2 is 2.16 bits per heavy atom. The predicted octanol–water partition coefficient (Wildman–Crippen LogP) is 2.67. The van der Waals surface area contributed by atoms with Crippen molar-refractivity contribution in [3.63, 3.8) is 0 Å². The van der Waals surface area contributed by atoms with Gasteiger partial charge in [-0.05, 0) is 26.3 Å². The Labute approximate surface area is 112 Å². The maximum Gasteiger partial charge on any atom is 0.354 e. The first-order valence-electron chi connectivity index (χ1n) is 6.33. The third-order valence-corrected chi connectivity index (χ3v) is 3.10.